The lowest BCUT2D eigenvalue weighted by atomic mass is 10.1. The molecule has 0 heterocycles. The van der Waals surface area contributed by atoms with Gasteiger partial charge in [0.25, 0.3) is 0 Å². The van der Waals surface area contributed by atoms with Crippen molar-refractivity contribution in [2.45, 2.75) is 17.9 Å². The summed E-state index contributed by atoms with van der Waals surface area (Å²) in [5.41, 5.74) is 6.79. The number of sulfonamides is 1. The van der Waals surface area contributed by atoms with Gasteiger partial charge in [0, 0.05) is 17.8 Å². The van der Waals surface area contributed by atoms with E-state index in [1.165, 1.54) is 0 Å². The summed E-state index contributed by atoms with van der Waals surface area (Å²) >= 11 is 0. The van der Waals surface area contributed by atoms with Gasteiger partial charge in [-0.05, 0) is 36.8 Å². The van der Waals surface area contributed by atoms with Gasteiger partial charge in [0.15, 0.2) is 0 Å². The van der Waals surface area contributed by atoms with Crippen LogP contribution in [0.4, 0.5) is 14.5 Å². The molecule has 0 amide bonds. The fourth-order valence-electron chi connectivity index (χ4n) is 1.84. The summed E-state index contributed by atoms with van der Waals surface area (Å²) in [6.45, 7) is 1.62. The molecule has 0 bridgehead atoms. The predicted octanol–water partition coefficient (Wildman–Crippen LogP) is 2.59. The highest BCUT2D eigenvalue weighted by Gasteiger charge is 2.22. The lowest BCUT2D eigenvalue weighted by molar-refractivity contribution is 0.536. The molecule has 0 fully saturated rings. The normalized spacial score (nSPS) is 13.1. The Morgan fingerprint density at radius 1 is 1.10 bits per heavy atom. The van der Waals surface area contributed by atoms with Crippen LogP contribution >= 0.6 is 0 Å². The highest BCUT2D eigenvalue weighted by Crippen LogP contribution is 2.20. The molecule has 0 saturated carbocycles. The Morgan fingerprint density at radius 3 is 2.29 bits per heavy atom. The number of nitrogens with two attached hydrogens (primary N) is 1. The summed E-state index contributed by atoms with van der Waals surface area (Å²) in [5.74, 6) is -1.97. The maximum Gasteiger partial charge on any atom is 0.244 e. The molecule has 0 aliphatic heterocycles. The van der Waals surface area contributed by atoms with E-state index in [-0.39, 0.29) is 0 Å². The quantitative estimate of drug-likeness (QED) is 0.852. The van der Waals surface area contributed by atoms with E-state index in [9.17, 15) is 17.2 Å². The first-order valence-electron chi connectivity index (χ1n) is 6.12. The maximum atomic E-state index is 13.6. The molecule has 2 aromatic rings. The standard InChI is InChI=1S/C14H14F2N2O2S/c1-9(10-2-5-12(17)6-3-10)18-21(19,20)14-7-4-11(15)8-13(14)16/h2-9,18H,17H2,1H3. The lowest BCUT2D eigenvalue weighted by Crippen LogP contribution is -2.27. The third-order valence-electron chi connectivity index (χ3n) is 2.95. The van der Waals surface area contributed by atoms with E-state index in [4.69, 9.17) is 5.73 Å². The van der Waals surface area contributed by atoms with Crippen LogP contribution in [0.1, 0.15) is 18.5 Å². The number of nitrogen functional groups attached to an aromatic ring is 1. The predicted molar refractivity (Wildman–Crippen MR) is 75.9 cm³/mol. The molecule has 0 radical (unpaired) electrons. The minimum absolute atomic E-state index is 0.530. The number of halogens is 2. The fraction of sp³-hybridized carbons (Fsp3) is 0.143. The van der Waals surface area contributed by atoms with Crippen molar-refractivity contribution in [3.05, 3.63) is 59.7 Å². The molecule has 0 aromatic heterocycles. The van der Waals surface area contributed by atoms with Gasteiger partial charge in [0.05, 0.1) is 0 Å². The second-order valence-corrected chi connectivity index (χ2v) is 6.27. The van der Waals surface area contributed by atoms with E-state index in [2.05, 4.69) is 4.72 Å². The number of benzene rings is 2. The van der Waals surface area contributed by atoms with Crippen LogP contribution in [0, 0.1) is 11.6 Å². The van der Waals surface area contributed by atoms with Crippen molar-refractivity contribution in [2.75, 3.05) is 5.73 Å². The second-order valence-electron chi connectivity index (χ2n) is 4.58. The van der Waals surface area contributed by atoms with Gasteiger partial charge in [-0.15, -0.1) is 0 Å². The summed E-state index contributed by atoms with van der Waals surface area (Å²) in [6, 6.07) is 8.35. The van der Waals surface area contributed by atoms with Crippen molar-refractivity contribution in [1.82, 2.24) is 4.72 Å². The summed E-state index contributed by atoms with van der Waals surface area (Å²) < 4.78 is 53.0. The van der Waals surface area contributed by atoms with E-state index < -0.39 is 32.6 Å². The van der Waals surface area contributed by atoms with Crippen molar-refractivity contribution in [1.29, 1.82) is 0 Å². The zero-order valence-electron chi connectivity index (χ0n) is 11.2. The first kappa shape index (κ1) is 15.4. The summed E-state index contributed by atoms with van der Waals surface area (Å²) in [7, 11) is -4.09. The zero-order chi connectivity index (χ0) is 15.6. The third-order valence-corrected chi connectivity index (χ3v) is 4.53. The van der Waals surface area contributed by atoms with Gasteiger partial charge >= 0.3 is 0 Å². The van der Waals surface area contributed by atoms with Crippen LogP contribution in [-0.4, -0.2) is 8.42 Å². The number of anilines is 1. The highest BCUT2D eigenvalue weighted by molar-refractivity contribution is 7.89. The molecule has 2 rings (SSSR count). The van der Waals surface area contributed by atoms with E-state index in [1.807, 2.05) is 0 Å². The number of hydrogen-bond donors (Lipinski definition) is 2. The topological polar surface area (TPSA) is 72.2 Å². The monoisotopic (exact) mass is 312 g/mol. The maximum absolute atomic E-state index is 13.6. The number of hydrogen-bond acceptors (Lipinski definition) is 3. The molecule has 4 nitrogen and oxygen atoms in total. The molecule has 21 heavy (non-hydrogen) atoms. The fourth-order valence-corrected chi connectivity index (χ4v) is 3.13. The Morgan fingerprint density at radius 2 is 1.71 bits per heavy atom. The van der Waals surface area contributed by atoms with Crippen molar-refractivity contribution in [3.63, 3.8) is 0 Å². The van der Waals surface area contributed by atoms with Crippen LogP contribution < -0.4 is 10.5 Å². The molecule has 0 spiro atoms. The van der Waals surface area contributed by atoms with Crippen LogP contribution in [-0.2, 0) is 10.0 Å². The Kier molecular flexibility index (Phi) is 4.24. The van der Waals surface area contributed by atoms with Crippen LogP contribution in [0.5, 0.6) is 0 Å². The Balaban J connectivity index is 2.26. The Bertz CT molecular complexity index is 746. The molecule has 2 aromatic carbocycles. The molecule has 0 aliphatic rings. The van der Waals surface area contributed by atoms with Gasteiger partial charge in [0.2, 0.25) is 10.0 Å². The summed E-state index contributed by atoms with van der Waals surface area (Å²) in [6.07, 6.45) is 0. The minimum atomic E-state index is -4.09. The van der Waals surface area contributed by atoms with E-state index in [1.54, 1.807) is 31.2 Å². The van der Waals surface area contributed by atoms with Crippen LogP contribution in [0.15, 0.2) is 47.4 Å². The van der Waals surface area contributed by atoms with E-state index >= 15 is 0 Å². The third kappa shape index (κ3) is 3.56. The first-order valence-corrected chi connectivity index (χ1v) is 7.61. The van der Waals surface area contributed by atoms with Crippen molar-refractivity contribution < 1.29 is 17.2 Å². The summed E-state index contributed by atoms with van der Waals surface area (Å²) in [4.78, 5) is -0.591. The first-order chi connectivity index (χ1) is 9.79. The van der Waals surface area contributed by atoms with Crippen LogP contribution in [0.25, 0.3) is 0 Å². The minimum Gasteiger partial charge on any atom is -0.399 e. The smallest absolute Gasteiger partial charge is 0.244 e. The molecule has 1 unspecified atom stereocenters. The number of nitrogens with one attached hydrogen (secondary N) is 1. The molecule has 7 heteroatoms. The molecule has 0 aliphatic carbocycles. The molecule has 3 N–H and O–H groups in total. The molecule has 0 saturated heterocycles. The van der Waals surface area contributed by atoms with Crippen LogP contribution in [0.2, 0.25) is 0 Å². The van der Waals surface area contributed by atoms with Gasteiger partial charge in [-0.25, -0.2) is 21.9 Å². The van der Waals surface area contributed by atoms with Crippen LogP contribution in [0.3, 0.4) is 0 Å². The SMILES string of the molecule is CC(NS(=O)(=O)c1ccc(F)cc1F)c1ccc(N)cc1. The van der Waals surface area contributed by atoms with Gasteiger partial charge in [-0.1, -0.05) is 12.1 Å². The highest BCUT2D eigenvalue weighted by atomic mass is 32.2. The second kappa shape index (κ2) is 5.79. The molecule has 112 valence electrons. The average molecular weight is 312 g/mol. The van der Waals surface area contributed by atoms with Crippen molar-refractivity contribution >= 4 is 15.7 Å². The van der Waals surface area contributed by atoms with Gasteiger partial charge in [-0.2, -0.15) is 0 Å². The van der Waals surface area contributed by atoms with Gasteiger partial charge in [-0.3, -0.25) is 0 Å². The lowest BCUT2D eigenvalue weighted by Gasteiger charge is -2.15. The Labute approximate surface area is 121 Å². The molecule has 1 atom stereocenters. The van der Waals surface area contributed by atoms with Gasteiger partial charge < -0.3 is 5.73 Å². The van der Waals surface area contributed by atoms with Crippen molar-refractivity contribution in [2.24, 2.45) is 0 Å². The van der Waals surface area contributed by atoms with E-state index in [0.717, 1.165) is 12.1 Å². The summed E-state index contributed by atoms with van der Waals surface area (Å²) in [5, 5.41) is 0. The zero-order valence-corrected chi connectivity index (χ0v) is 12.0. The molecular formula is C14H14F2N2O2S. The Hall–Kier alpha value is -1.99. The molecular weight excluding hydrogens is 298 g/mol. The number of rotatable bonds is 4. The van der Waals surface area contributed by atoms with Crippen molar-refractivity contribution in [3.8, 4) is 0 Å². The average Bonchev–Trinajstić information content (AvgIpc) is 2.38. The van der Waals surface area contributed by atoms with Gasteiger partial charge in [0.1, 0.15) is 16.5 Å². The van der Waals surface area contributed by atoms with E-state index in [0.29, 0.717) is 17.3 Å². The largest absolute Gasteiger partial charge is 0.399 e.